The SMILES string of the molecule is CCCCCCC1C2OC2CCC1(C)C(=O)O. The van der Waals surface area contributed by atoms with Gasteiger partial charge >= 0.3 is 5.97 Å². The van der Waals surface area contributed by atoms with E-state index in [1.165, 1.54) is 19.3 Å². The average molecular weight is 240 g/mol. The first kappa shape index (κ1) is 12.9. The number of hydrogen-bond donors (Lipinski definition) is 1. The smallest absolute Gasteiger partial charge is 0.309 e. The molecule has 0 radical (unpaired) electrons. The summed E-state index contributed by atoms with van der Waals surface area (Å²) < 4.78 is 5.63. The molecule has 3 nitrogen and oxygen atoms in total. The van der Waals surface area contributed by atoms with Gasteiger partial charge in [0.25, 0.3) is 0 Å². The van der Waals surface area contributed by atoms with Gasteiger partial charge in [0.2, 0.25) is 0 Å². The zero-order chi connectivity index (χ0) is 12.5. The van der Waals surface area contributed by atoms with Crippen LogP contribution in [0.2, 0.25) is 0 Å². The number of fused-ring (bicyclic) bond motifs is 1. The number of ether oxygens (including phenoxy) is 1. The van der Waals surface area contributed by atoms with Gasteiger partial charge in [-0.1, -0.05) is 32.6 Å². The first-order valence-electron chi connectivity index (χ1n) is 6.98. The lowest BCUT2D eigenvalue weighted by Gasteiger charge is -2.36. The first-order valence-corrected chi connectivity index (χ1v) is 6.98. The predicted octanol–water partition coefficient (Wildman–Crippen LogP) is 3.23. The Morgan fingerprint density at radius 3 is 2.82 bits per heavy atom. The Morgan fingerprint density at radius 1 is 1.41 bits per heavy atom. The summed E-state index contributed by atoms with van der Waals surface area (Å²) in [5.74, 6) is -0.400. The van der Waals surface area contributed by atoms with Crippen molar-refractivity contribution in [2.24, 2.45) is 11.3 Å². The fourth-order valence-corrected chi connectivity index (χ4v) is 3.27. The lowest BCUT2D eigenvalue weighted by molar-refractivity contribution is -0.153. The second kappa shape index (κ2) is 4.97. The van der Waals surface area contributed by atoms with Gasteiger partial charge in [0.05, 0.1) is 17.6 Å². The molecule has 98 valence electrons. The van der Waals surface area contributed by atoms with E-state index in [0.29, 0.717) is 6.10 Å². The van der Waals surface area contributed by atoms with Crippen molar-refractivity contribution in [2.75, 3.05) is 0 Å². The molecule has 2 rings (SSSR count). The first-order chi connectivity index (χ1) is 8.09. The molecule has 1 heterocycles. The average Bonchev–Trinajstić information content (AvgIpc) is 3.05. The fraction of sp³-hybridized carbons (Fsp3) is 0.929. The molecule has 1 N–H and O–H groups in total. The Morgan fingerprint density at radius 2 is 2.18 bits per heavy atom. The summed E-state index contributed by atoms with van der Waals surface area (Å²) in [6, 6.07) is 0. The summed E-state index contributed by atoms with van der Waals surface area (Å²) in [6.45, 7) is 4.11. The van der Waals surface area contributed by atoms with Gasteiger partial charge in [0.15, 0.2) is 0 Å². The van der Waals surface area contributed by atoms with E-state index in [1.807, 2.05) is 6.92 Å². The maximum absolute atomic E-state index is 11.5. The van der Waals surface area contributed by atoms with Crippen molar-refractivity contribution in [3.05, 3.63) is 0 Å². The zero-order valence-electron chi connectivity index (χ0n) is 10.9. The summed E-state index contributed by atoms with van der Waals surface area (Å²) >= 11 is 0. The number of carboxylic acids is 1. The van der Waals surface area contributed by atoms with E-state index in [1.54, 1.807) is 0 Å². The Labute approximate surface area is 104 Å². The maximum Gasteiger partial charge on any atom is 0.309 e. The molecule has 2 fully saturated rings. The summed E-state index contributed by atoms with van der Waals surface area (Å²) in [5, 5.41) is 9.45. The molecule has 1 aliphatic carbocycles. The number of aliphatic carboxylic acids is 1. The topological polar surface area (TPSA) is 49.8 Å². The van der Waals surface area contributed by atoms with Gasteiger partial charge in [-0.15, -0.1) is 0 Å². The minimum atomic E-state index is -0.632. The van der Waals surface area contributed by atoms with E-state index in [-0.39, 0.29) is 12.0 Å². The molecule has 4 atom stereocenters. The van der Waals surface area contributed by atoms with Crippen LogP contribution >= 0.6 is 0 Å². The molecule has 0 spiro atoms. The minimum absolute atomic E-state index is 0.232. The molecule has 0 bridgehead atoms. The largest absolute Gasteiger partial charge is 0.481 e. The maximum atomic E-state index is 11.5. The van der Waals surface area contributed by atoms with Crippen molar-refractivity contribution < 1.29 is 14.6 Å². The number of carbonyl (C=O) groups is 1. The Hall–Kier alpha value is -0.570. The van der Waals surface area contributed by atoms with Crippen LogP contribution in [0.15, 0.2) is 0 Å². The minimum Gasteiger partial charge on any atom is -0.481 e. The van der Waals surface area contributed by atoms with Crippen molar-refractivity contribution in [1.29, 1.82) is 0 Å². The standard InChI is InChI=1S/C14H24O3/c1-3-4-5-6-7-10-12-11(17-12)8-9-14(10,2)13(15)16/h10-12H,3-9H2,1-2H3,(H,15,16). The van der Waals surface area contributed by atoms with Crippen molar-refractivity contribution >= 4 is 5.97 Å². The quantitative estimate of drug-likeness (QED) is 0.573. The van der Waals surface area contributed by atoms with Crippen molar-refractivity contribution in [1.82, 2.24) is 0 Å². The highest BCUT2D eigenvalue weighted by atomic mass is 16.6. The molecule has 0 aromatic carbocycles. The van der Waals surface area contributed by atoms with Gasteiger partial charge in [0, 0.05) is 5.92 Å². The number of carboxylic acid groups (broad SMARTS) is 1. The van der Waals surface area contributed by atoms with Gasteiger partial charge in [-0.05, 0) is 26.2 Å². The van der Waals surface area contributed by atoms with E-state index < -0.39 is 11.4 Å². The molecule has 1 saturated heterocycles. The van der Waals surface area contributed by atoms with Gasteiger partial charge in [-0.3, -0.25) is 4.79 Å². The van der Waals surface area contributed by atoms with E-state index in [4.69, 9.17) is 4.74 Å². The van der Waals surface area contributed by atoms with E-state index in [9.17, 15) is 9.90 Å². The Balaban J connectivity index is 1.93. The van der Waals surface area contributed by atoms with Crippen LogP contribution in [-0.2, 0) is 9.53 Å². The number of epoxide rings is 1. The fourth-order valence-electron chi connectivity index (χ4n) is 3.27. The van der Waals surface area contributed by atoms with Crippen molar-refractivity contribution in [2.45, 2.75) is 71.0 Å². The Kier molecular flexibility index (Phi) is 3.76. The van der Waals surface area contributed by atoms with Gasteiger partial charge in [0.1, 0.15) is 0 Å². The molecule has 0 amide bonds. The van der Waals surface area contributed by atoms with Crippen LogP contribution in [0.4, 0.5) is 0 Å². The van der Waals surface area contributed by atoms with Gasteiger partial charge < -0.3 is 9.84 Å². The van der Waals surface area contributed by atoms with Gasteiger partial charge in [-0.25, -0.2) is 0 Å². The third-order valence-corrected chi connectivity index (χ3v) is 4.64. The molecule has 2 aliphatic rings. The second-order valence-corrected chi connectivity index (χ2v) is 5.86. The van der Waals surface area contributed by atoms with E-state index in [0.717, 1.165) is 25.7 Å². The molecule has 3 heteroatoms. The van der Waals surface area contributed by atoms with Crippen LogP contribution in [0.5, 0.6) is 0 Å². The molecule has 0 aromatic heterocycles. The molecule has 0 aromatic rings. The third kappa shape index (κ3) is 2.49. The summed E-state index contributed by atoms with van der Waals surface area (Å²) in [6.07, 6.45) is 8.19. The summed E-state index contributed by atoms with van der Waals surface area (Å²) in [7, 11) is 0. The lowest BCUT2D eigenvalue weighted by atomic mass is 9.66. The number of hydrogen-bond acceptors (Lipinski definition) is 2. The highest BCUT2D eigenvalue weighted by molar-refractivity contribution is 5.75. The summed E-state index contributed by atoms with van der Waals surface area (Å²) in [4.78, 5) is 11.5. The van der Waals surface area contributed by atoms with Crippen LogP contribution in [0.25, 0.3) is 0 Å². The van der Waals surface area contributed by atoms with Crippen LogP contribution in [0.1, 0.15) is 58.8 Å². The van der Waals surface area contributed by atoms with Crippen molar-refractivity contribution in [3.63, 3.8) is 0 Å². The molecular formula is C14H24O3. The predicted molar refractivity (Wildman–Crippen MR) is 65.9 cm³/mol. The van der Waals surface area contributed by atoms with Crippen LogP contribution < -0.4 is 0 Å². The van der Waals surface area contributed by atoms with Crippen LogP contribution in [0.3, 0.4) is 0 Å². The van der Waals surface area contributed by atoms with Crippen LogP contribution in [0, 0.1) is 11.3 Å². The zero-order valence-corrected chi connectivity index (χ0v) is 10.9. The second-order valence-electron chi connectivity index (χ2n) is 5.86. The third-order valence-electron chi connectivity index (χ3n) is 4.64. The highest BCUT2D eigenvalue weighted by Gasteiger charge is 2.58. The van der Waals surface area contributed by atoms with E-state index >= 15 is 0 Å². The molecular weight excluding hydrogens is 216 g/mol. The lowest BCUT2D eigenvalue weighted by Crippen LogP contribution is -2.42. The molecule has 1 aliphatic heterocycles. The molecule has 4 unspecified atom stereocenters. The van der Waals surface area contributed by atoms with Gasteiger partial charge in [-0.2, -0.15) is 0 Å². The van der Waals surface area contributed by atoms with Crippen LogP contribution in [-0.4, -0.2) is 23.3 Å². The number of unbranched alkanes of at least 4 members (excludes halogenated alkanes) is 3. The number of rotatable bonds is 6. The normalized spacial score (nSPS) is 39.8. The monoisotopic (exact) mass is 240 g/mol. The molecule has 17 heavy (non-hydrogen) atoms. The Bertz CT molecular complexity index is 289. The van der Waals surface area contributed by atoms with Crippen molar-refractivity contribution in [3.8, 4) is 0 Å². The summed E-state index contributed by atoms with van der Waals surface area (Å²) in [5.41, 5.74) is -0.552. The highest BCUT2D eigenvalue weighted by Crippen LogP contribution is 2.52. The van der Waals surface area contributed by atoms with E-state index in [2.05, 4.69) is 6.92 Å². The molecule has 1 saturated carbocycles.